The zero-order chi connectivity index (χ0) is 9.43. The third kappa shape index (κ3) is 0.724. The topological polar surface area (TPSA) is 29.5 Å². The molecule has 3 fully saturated rings. The van der Waals surface area contributed by atoms with E-state index in [-0.39, 0.29) is 11.5 Å². The van der Waals surface area contributed by atoms with E-state index in [9.17, 15) is 9.50 Å². The Kier molecular flexibility index (Phi) is 1.22. The molecule has 2 nitrogen and oxygen atoms in total. The number of hydrogen-bond donors (Lipinski definition) is 1. The Balaban J connectivity index is 1.99. The average molecular weight is 186 g/mol. The summed E-state index contributed by atoms with van der Waals surface area (Å²) >= 11 is 0. The van der Waals surface area contributed by atoms with Crippen molar-refractivity contribution in [3.63, 3.8) is 0 Å². The minimum absolute atomic E-state index is 0.0733. The number of fused-ring (bicyclic) bond motifs is 3. The molecule has 2 aliphatic carbocycles. The molecular weight excluding hydrogens is 171 g/mol. The molecule has 13 heavy (non-hydrogen) atoms. The molecule has 0 bridgehead atoms. The highest BCUT2D eigenvalue weighted by Gasteiger charge is 2.75. The third-order valence-electron chi connectivity index (χ3n) is 4.33. The molecule has 0 aromatic rings. The van der Waals surface area contributed by atoms with Crippen molar-refractivity contribution in [3.8, 4) is 0 Å². The molecule has 0 aromatic heterocycles. The van der Waals surface area contributed by atoms with Crippen LogP contribution in [0.4, 0.5) is 4.39 Å². The van der Waals surface area contributed by atoms with Crippen molar-refractivity contribution in [2.24, 2.45) is 11.3 Å². The zero-order valence-electron chi connectivity index (χ0n) is 7.96. The summed E-state index contributed by atoms with van der Waals surface area (Å²) in [6, 6.07) is 0. The lowest BCUT2D eigenvalue weighted by Gasteiger charge is -2.27. The van der Waals surface area contributed by atoms with E-state index in [1.165, 1.54) is 0 Å². The van der Waals surface area contributed by atoms with Gasteiger partial charge < -0.3 is 9.84 Å². The first kappa shape index (κ1) is 8.18. The van der Waals surface area contributed by atoms with Crippen LogP contribution in [0.15, 0.2) is 0 Å². The molecule has 0 amide bonds. The average Bonchev–Trinajstić information content (AvgIpc) is 2.56. The maximum atomic E-state index is 13.6. The third-order valence-corrected chi connectivity index (χ3v) is 4.33. The quantitative estimate of drug-likeness (QED) is 0.617. The largest absolute Gasteiger partial charge is 0.384 e. The lowest BCUT2D eigenvalue weighted by atomic mass is 9.88. The molecule has 1 heterocycles. The minimum Gasteiger partial charge on any atom is -0.384 e. The van der Waals surface area contributed by atoms with Crippen molar-refractivity contribution in [2.45, 2.75) is 50.7 Å². The highest BCUT2D eigenvalue weighted by molar-refractivity contribution is 5.24. The second kappa shape index (κ2) is 1.94. The van der Waals surface area contributed by atoms with E-state index in [1.807, 2.05) is 0 Å². The monoisotopic (exact) mass is 186 g/mol. The molecule has 0 aromatic carbocycles. The summed E-state index contributed by atoms with van der Waals surface area (Å²) in [5.41, 5.74) is -1.10. The van der Waals surface area contributed by atoms with Gasteiger partial charge in [0.2, 0.25) is 0 Å². The number of hydrogen-bond acceptors (Lipinski definition) is 2. The van der Waals surface area contributed by atoms with Gasteiger partial charge in [0.15, 0.2) is 6.17 Å². The van der Waals surface area contributed by atoms with E-state index in [0.29, 0.717) is 12.3 Å². The minimum atomic E-state index is -1.19. The first-order valence-corrected chi connectivity index (χ1v) is 5.00. The first-order valence-electron chi connectivity index (χ1n) is 5.00. The molecule has 1 saturated heterocycles. The van der Waals surface area contributed by atoms with Crippen LogP contribution in [0.25, 0.3) is 0 Å². The van der Waals surface area contributed by atoms with Gasteiger partial charge in [0.05, 0.1) is 12.2 Å². The van der Waals surface area contributed by atoms with Crippen LogP contribution in [0.1, 0.15) is 26.7 Å². The lowest BCUT2D eigenvalue weighted by Crippen LogP contribution is -2.45. The molecule has 3 rings (SSSR count). The van der Waals surface area contributed by atoms with Gasteiger partial charge in [-0.1, -0.05) is 6.92 Å². The van der Waals surface area contributed by atoms with Crippen LogP contribution in [-0.2, 0) is 4.74 Å². The number of halogens is 1. The number of ether oxygens (including phenoxy) is 1. The highest BCUT2D eigenvalue weighted by Crippen LogP contribution is 2.70. The second-order valence-electron chi connectivity index (χ2n) is 5.23. The Morgan fingerprint density at radius 2 is 2.15 bits per heavy atom. The van der Waals surface area contributed by atoms with Gasteiger partial charge in [-0.25, -0.2) is 4.39 Å². The lowest BCUT2D eigenvalue weighted by molar-refractivity contribution is -0.0676. The Morgan fingerprint density at radius 1 is 1.46 bits per heavy atom. The zero-order valence-corrected chi connectivity index (χ0v) is 7.96. The fraction of sp³-hybridized carbons (Fsp3) is 1.00. The van der Waals surface area contributed by atoms with Gasteiger partial charge in [0.1, 0.15) is 5.60 Å². The molecular formula is C10H15FO2. The van der Waals surface area contributed by atoms with Gasteiger partial charge in [0.25, 0.3) is 0 Å². The summed E-state index contributed by atoms with van der Waals surface area (Å²) in [4.78, 5) is 0. The van der Waals surface area contributed by atoms with Crippen molar-refractivity contribution in [1.82, 2.24) is 0 Å². The van der Waals surface area contributed by atoms with Crippen molar-refractivity contribution in [2.75, 3.05) is 0 Å². The molecule has 2 saturated carbocycles. The predicted octanol–water partition coefficient (Wildman–Crippen LogP) is 1.27. The van der Waals surface area contributed by atoms with E-state index in [0.717, 1.165) is 6.42 Å². The van der Waals surface area contributed by atoms with Crippen LogP contribution in [0.5, 0.6) is 0 Å². The smallest absolute Gasteiger partial charge is 0.157 e. The van der Waals surface area contributed by atoms with Crippen LogP contribution in [0.2, 0.25) is 0 Å². The molecule has 6 atom stereocenters. The summed E-state index contributed by atoms with van der Waals surface area (Å²) in [6.45, 7) is 3.81. The Morgan fingerprint density at radius 3 is 2.77 bits per heavy atom. The van der Waals surface area contributed by atoms with Crippen LogP contribution in [-0.4, -0.2) is 29.1 Å². The van der Waals surface area contributed by atoms with Crippen molar-refractivity contribution in [3.05, 3.63) is 0 Å². The molecule has 0 radical (unpaired) electrons. The van der Waals surface area contributed by atoms with Crippen molar-refractivity contribution >= 4 is 0 Å². The van der Waals surface area contributed by atoms with Gasteiger partial charge in [-0.15, -0.1) is 0 Å². The maximum absolute atomic E-state index is 13.6. The summed E-state index contributed by atoms with van der Waals surface area (Å²) in [6.07, 6.45) is -0.190. The van der Waals surface area contributed by atoms with Crippen LogP contribution in [0, 0.1) is 11.3 Å². The van der Waals surface area contributed by atoms with Gasteiger partial charge in [-0.3, -0.25) is 0 Å². The van der Waals surface area contributed by atoms with Gasteiger partial charge in [0, 0.05) is 0 Å². The normalized spacial score (nSPS) is 69.2. The number of rotatable bonds is 0. The Labute approximate surface area is 77.1 Å². The SMILES string of the molecule is C[C@@H]1O[C@@H]2[C@@]3(C)C[C@H]3C[C@]2(O)[C@@H]1F. The summed E-state index contributed by atoms with van der Waals surface area (Å²) in [5.74, 6) is 0.494. The van der Waals surface area contributed by atoms with Crippen LogP contribution in [0.3, 0.4) is 0 Å². The summed E-state index contributed by atoms with van der Waals surface area (Å²) in [7, 11) is 0. The van der Waals surface area contributed by atoms with E-state index in [4.69, 9.17) is 4.74 Å². The van der Waals surface area contributed by atoms with E-state index in [2.05, 4.69) is 6.92 Å². The van der Waals surface area contributed by atoms with Crippen LogP contribution >= 0.6 is 0 Å². The first-order chi connectivity index (χ1) is 5.98. The summed E-state index contributed by atoms with van der Waals surface area (Å²) < 4.78 is 19.2. The molecule has 3 heteroatoms. The van der Waals surface area contributed by atoms with Crippen molar-refractivity contribution in [1.29, 1.82) is 0 Å². The predicted molar refractivity (Wildman–Crippen MR) is 45.0 cm³/mol. The number of aliphatic hydroxyl groups is 1. The molecule has 3 aliphatic rings. The van der Waals surface area contributed by atoms with E-state index in [1.54, 1.807) is 6.92 Å². The van der Waals surface area contributed by atoms with Gasteiger partial charge >= 0.3 is 0 Å². The van der Waals surface area contributed by atoms with Gasteiger partial charge in [-0.2, -0.15) is 0 Å². The molecule has 1 aliphatic heterocycles. The molecule has 1 N–H and O–H groups in total. The maximum Gasteiger partial charge on any atom is 0.157 e. The van der Waals surface area contributed by atoms with E-state index >= 15 is 0 Å². The Bertz CT molecular complexity index is 270. The number of alkyl halides is 1. The van der Waals surface area contributed by atoms with Crippen molar-refractivity contribution < 1.29 is 14.2 Å². The van der Waals surface area contributed by atoms with E-state index < -0.39 is 17.9 Å². The van der Waals surface area contributed by atoms with Crippen LogP contribution < -0.4 is 0 Å². The Hall–Kier alpha value is -0.150. The molecule has 0 unspecified atom stereocenters. The molecule has 74 valence electrons. The molecule has 0 spiro atoms. The highest BCUT2D eigenvalue weighted by atomic mass is 19.1. The standard InChI is InChI=1S/C10H15FO2/c1-5-7(11)10(12)4-6-3-9(6,2)8(10)13-5/h5-8,12H,3-4H2,1-2H3/t5-,6-,7+,8+,9-,10-/m0/s1. The van der Waals surface area contributed by atoms with Gasteiger partial charge in [-0.05, 0) is 31.1 Å². The second-order valence-corrected chi connectivity index (χ2v) is 5.23. The summed E-state index contributed by atoms with van der Waals surface area (Å²) in [5, 5.41) is 10.1. The fourth-order valence-corrected chi connectivity index (χ4v) is 3.39. The fourth-order valence-electron chi connectivity index (χ4n) is 3.39.